The molecule has 0 aromatic heterocycles. The van der Waals surface area contributed by atoms with Crippen LogP contribution in [0.25, 0.3) is 0 Å². The second kappa shape index (κ2) is 5.53. The normalized spacial score (nSPS) is 14.7. The first-order valence-corrected chi connectivity index (χ1v) is 6.03. The van der Waals surface area contributed by atoms with Crippen molar-refractivity contribution in [2.45, 2.75) is 19.3 Å². The average molecular weight is 248 g/mol. The summed E-state index contributed by atoms with van der Waals surface area (Å²) in [7, 11) is 0. The van der Waals surface area contributed by atoms with Gasteiger partial charge in [0.2, 0.25) is 0 Å². The third-order valence-corrected chi connectivity index (χ3v) is 2.98. The number of hydrogen-bond donors (Lipinski definition) is 2. The van der Waals surface area contributed by atoms with Crippen LogP contribution in [0.15, 0.2) is 24.3 Å². The van der Waals surface area contributed by atoms with Gasteiger partial charge in [0.25, 0.3) is 0 Å². The quantitative estimate of drug-likeness (QED) is 0.832. The summed E-state index contributed by atoms with van der Waals surface area (Å²) in [5.74, 6) is -0.786. The van der Waals surface area contributed by atoms with Gasteiger partial charge in [0.15, 0.2) is 0 Å². The summed E-state index contributed by atoms with van der Waals surface area (Å²) >= 11 is 0. The first-order chi connectivity index (χ1) is 8.68. The van der Waals surface area contributed by atoms with E-state index < -0.39 is 5.97 Å². The lowest BCUT2D eigenvalue weighted by Crippen LogP contribution is -2.28. The van der Waals surface area contributed by atoms with Crippen LogP contribution in [0.1, 0.15) is 18.4 Å². The second-order valence-electron chi connectivity index (χ2n) is 4.26. The fourth-order valence-corrected chi connectivity index (χ4v) is 2.12. The summed E-state index contributed by atoms with van der Waals surface area (Å²) < 4.78 is 0. The first kappa shape index (κ1) is 12.4. The Hall–Kier alpha value is -2.04. The molecule has 0 unspecified atom stereocenters. The summed E-state index contributed by atoms with van der Waals surface area (Å²) in [4.78, 5) is 23.8. The standard InChI is InChI=1S/C13H16N2O3/c16-12(17)7-3-5-10-4-1-2-6-11(10)15-9-8-14-13(15)18/h1-2,4,6H,3,5,7-9H2,(H,14,18)(H,16,17). The molecular formula is C13H16N2O3. The Bertz CT molecular complexity index is 459. The molecule has 96 valence electrons. The number of benzene rings is 1. The Morgan fingerprint density at radius 1 is 1.39 bits per heavy atom. The van der Waals surface area contributed by atoms with Crippen molar-refractivity contribution >= 4 is 17.7 Å². The third-order valence-electron chi connectivity index (χ3n) is 2.98. The van der Waals surface area contributed by atoms with E-state index in [1.54, 1.807) is 4.90 Å². The summed E-state index contributed by atoms with van der Waals surface area (Å²) in [6, 6.07) is 7.57. The molecule has 1 aromatic rings. The molecule has 1 heterocycles. The molecule has 0 bridgehead atoms. The van der Waals surface area contributed by atoms with Crippen molar-refractivity contribution in [1.29, 1.82) is 0 Å². The number of amides is 2. The van der Waals surface area contributed by atoms with Gasteiger partial charge in [-0.15, -0.1) is 0 Å². The highest BCUT2D eigenvalue weighted by Gasteiger charge is 2.22. The van der Waals surface area contributed by atoms with Crippen LogP contribution in [-0.2, 0) is 11.2 Å². The molecular weight excluding hydrogens is 232 g/mol. The number of aryl methyl sites for hydroxylation is 1. The minimum absolute atomic E-state index is 0.0827. The molecule has 0 aliphatic carbocycles. The lowest BCUT2D eigenvalue weighted by atomic mass is 10.1. The third kappa shape index (κ3) is 2.80. The van der Waals surface area contributed by atoms with E-state index in [1.807, 2.05) is 24.3 Å². The van der Waals surface area contributed by atoms with Gasteiger partial charge < -0.3 is 10.4 Å². The highest BCUT2D eigenvalue weighted by Crippen LogP contribution is 2.23. The number of urea groups is 1. The van der Waals surface area contributed by atoms with E-state index in [1.165, 1.54) is 0 Å². The van der Waals surface area contributed by atoms with Crippen molar-refractivity contribution in [2.75, 3.05) is 18.0 Å². The fourth-order valence-electron chi connectivity index (χ4n) is 2.12. The van der Waals surface area contributed by atoms with Gasteiger partial charge in [0, 0.05) is 25.2 Å². The molecule has 2 N–H and O–H groups in total. The molecule has 0 saturated carbocycles. The maximum absolute atomic E-state index is 11.6. The molecule has 0 spiro atoms. The molecule has 1 aliphatic heterocycles. The zero-order chi connectivity index (χ0) is 13.0. The maximum atomic E-state index is 11.6. The Morgan fingerprint density at radius 2 is 2.17 bits per heavy atom. The number of hydrogen-bond acceptors (Lipinski definition) is 2. The zero-order valence-corrected chi connectivity index (χ0v) is 10.1. The minimum atomic E-state index is -0.786. The number of anilines is 1. The van der Waals surface area contributed by atoms with Gasteiger partial charge in [0.1, 0.15) is 0 Å². The number of para-hydroxylation sites is 1. The number of nitrogens with zero attached hydrogens (tertiary/aromatic N) is 1. The number of aliphatic carboxylic acids is 1. The number of nitrogens with one attached hydrogen (secondary N) is 1. The van der Waals surface area contributed by atoms with E-state index >= 15 is 0 Å². The van der Waals surface area contributed by atoms with Crippen molar-refractivity contribution in [3.63, 3.8) is 0 Å². The number of carbonyl (C=O) groups is 2. The van der Waals surface area contributed by atoms with E-state index in [-0.39, 0.29) is 12.5 Å². The van der Waals surface area contributed by atoms with Crippen molar-refractivity contribution < 1.29 is 14.7 Å². The monoisotopic (exact) mass is 248 g/mol. The molecule has 18 heavy (non-hydrogen) atoms. The predicted octanol–water partition coefficient (Wildman–Crippen LogP) is 1.62. The van der Waals surface area contributed by atoms with Crippen LogP contribution < -0.4 is 10.2 Å². The summed E-state index contributed by atoms with van der Waals surface area (Å²) in [6.45, 7) is 1.32. The molecule has 1 saturated heterocycles. The van der Waals surface area contributed by atoms with Crippen LogP contribution >= 0.6 is 0 Å². The smallest absolute Gasteiger partial charge is 0.322 e. The Kier molecular flexibility index (Phi) is 3.82. The second-order valence-corrected chi connectivity index (χ2v) is 4.26. The molecule has 0 atom stereocenters. The maximum Gasteiger partial charge on any atom is 0.322 e. The van der Waals surface area contributed by atoms with Crippen molar-refractivity contribution in [1.82, 2.24) is 5.32 Å². The van der Waals surface area contributed by atoms with Gasteiger partial charge in [-0.2, -0.15) is 0 Å². The molecule has 2 amide bonds. The highest BCUT2D eigenvalue weighted by atomic mass is 16.4. The van der Waals surface area contributed by atoms with Gasteiger partial charge >= 0.3 is 12.0 Å². The largest absolute Gasteiger partial charge is 0.481 e. The van der Waals surface area contributed by atoms with Gasteiger partial charge in [0.05, 0.1) is 0 Å². The molecule has 2 rings (SSSR count). The first-order valence-electron chi connectivity index (χ1n) is 6.03. The summed E-state index contributed by atoms with van der Waals surface area (Å²) in [5, 5.41) is 11.4. The Balaban J connectivity index is 2.10. The SMILES string of the molecule is O=C(O)CCCc1ccccc1N1CCNC1=O. The van der Waals surface area contributed by atoms with Crippen molar-refractivity contribution in [2.24, 2.45) is 0 Å². The van der Waals surface area contributed by atoms with Crippen LogP contribution in [0.3, 0.4) is 0 Å². The van der Waals surface area contributed by atoms with E-state index in [4.69, 9.17) is 5.11 Å². The highest BCUT2D eigenvalue weighted by molar-refractivity contribution is 5.94. The van der Waals surface area contributed by atoms with Crippen LogP contribution in [0.5, 0.6) is 0 Å². The van der Waals surface area contributed by atoms with Gasteiger partial charge in [-0.25, -0.2) is 4.79 Å². The van der Waals surface area contributed by atoms with Crippen molar-refractivity contribution in [3.8, 4) is 0 Å². The topological polar surface area (TPSA) is 69.6 Å². The molecule has 1 fully saturated rings. The van der Waals surface area contributed by atoms with E-state index in [9.17, 15) is 9.59 Å². The van der Waals surface area contributed by atoms with Crippen LogP contribution in [-0.4, -0.2) is 30.2 Å². The van der Waals surface area contributed by atoms with Gasteiger partial charge in [-0.3, -0.25) is 9.69 Å². The van der Waals surface area contributed by atoms with E-state index in [0.717, 1.165) is 11.3 Å². The molecule has 1 aliphatic rings. The number of carboxylic acids is 1. The van der Waals surface area contributed by atoms with E-state index in [0.29, 0.717) is 25.9 Å². The molecule has 0 radical (unpaired) electrons. The van der Waals surface area contributed by atoms with Crippen LogP contribution in [0, 0.1) is 0 Å². The fraction of sp³-hybridized carbons (Fsp3) is 0.385. The number of carboxylic acid groups (broad SMARTS) is 1. The van der Waals surface area contributed by atoms with Crippen molar-refractivity contribution in [3.05, 3.63) is 29.8 Å². The number of carbonyl (C=O) groups excluding carboxylic acids is 1. The zero-order valence-electron chi connectivity index (χ0n) is 10.1. The minimum Gasteiger partial charge on any atom is -0.481 e. The van der Waals surface area contributed by atoms with Crippen LogP contribution in [0.4, 0.5) is 10.5 Å². The number of rotatable bonds is 5. The molecule has 5 nitrogen and oxygen atoms in total. The van der Waals surface area contributed by atoms with Crippen LogP contribution in [0.2, 0.25) is 0 Å². The predicted molar refractivity (Wildman–Crippen MR) is 67.8 cm³/mol. The average Bonchev–Trinajstić information content (AvgIpc) is 2.76. The van der Waals surface area contributed by atoms with E-state index in [2.05, 4.69) is 5.32 Å². The van der Waals surface area contributed by atoms with Gasteiger partial charge in [-0.1, -0.05) is 18.2 Å². The molecule has 5 heteroatoms. The summed E-state index contributed by atoms with van der Waals surface area (Å²) in [5.41, 5.74) is 1.91. The molecule has 1 aromatic carbocycles. The Morgan fingerprint density at radius 3 is 2.83 bits per heavy atom. The Labute approximate surface area is 105 Å². The lowest BCUT2D eigenvalue weighted by Gasteiger charge is -2.18. The summed E-state index contributed by atoms with van der Waals surface area (Å²) in [6.07, 6.45) is 1.41. The van der Waals surface area contributed by atoms with Gasteiger partial charge in [-0.05, 0) is 24.5 Å². The lowest BCUT2D eigenvalue weighted by molar-refractivity contribution is -0.137.